The summed E-state index contributed by atoms with van der Waals surface area (Å²) in [5, 5.41) is 11.7. The summed E-state index contributed by atoms with van der Waals surface area (Å²) in [4.78, 5) is 2.68. The second-order valence-electron chi connectivity index (χ2n) is 2.98. The minimum atomic E-state index is -1.42. The van der Waals surface area contributed by atoms with Gasteiger partial charge in [-0.2, -0.15) is 0 Å². The van der Waals surface area contributed by atoms with Crippen LogP contribution in [0.4, 0.5) is 0 Å². The SMILES string of the molecule is [2H][C@](O)(CCN(C)C)c1cccs1. The summed E-state index contributed by atoms with van der Waals surface area (Å²) in [5.41, 5.74) is 0. The lowest BCUT2D eigenvalue weighted by atomic mass is 10.2. The zero-order valence-corrected chi connectivity index (χ0v) is 8.27. The van der Waals surface area contributed by atoms with Crippen LogP contribution in [0, 0.1) is 0 Å². The van der Waals surface area contributed by atoms with Gasteiger partial charge in [0.25, 0.3) is 0 Å². The molecule has 0 fully saturated rings. The molecule has 0 spiro atoms. The summed E-state index contributed by atoms with van der Waals surface area (Å²) in [6, 6.07) is 3.66. The molecule has 0 saturated heterocycles. The third kappa shape index (κ3) is 2.93. The van der Waals surface area contributed by atoms with Crippen LogP contribution in [0.2, 0.25) is 0 Å². The second-order valence-corrected chi connectivity index (χ2v) is 3.92. The van der Waals surface area contributed by atoms with Crippen molar-refractivity contribution in [1.29, 1.82) is 0 Å². The van der Waals surface area contributed by atoms with E-state index < -0.39 is 6.08 Å². The van der Waals surface area contributed by atoms with Crippen LogP contribution in [0.25, 0.3) is 0 Å². The van der Waals surface area contributed by atoms with Gasteiger partial charge in [0.15, 0.2) is 0 Å². The summed E-state index contributed by atoms with van der Waals surface area (Å²) in [5.74, 6) is 0. The molecule has 1 heterocycles. The summed E-state index contributed by atoms with van der Waals surface area (Å²) >= 11 is 1.43. The monoisotopic (exact) mass is 186 g/mol. The lowest BCUT2D eigenvalue weighted by molar-refractivity contribution is 0.158. The number of hydrogen-bond donors (Lipinski definition) is 1. The van der Waals surface area contributed by atoms with Crippen molar-refractivity contribution < 1.29 is 6.48 Å². The Balaban J connectivity index is 2.56. The molecule has 0 radical (unpaired) electrons. The number of thiophene rings is 1. The average Bonchev–Trinajstić information content (AvgIpc) is 2.53. The van der Waals surface area contributed by atoms with Gasteiger partial charge in [0.05, 0.1) is 7.45 Å². The average molecular weight is 186 g/mol. The zero-order chi connectivity index (χ0) is 9.90. The molecule has 0 saturated carbocycles. The van der Waals surface area contributed by atoms with E-state index in [0.717, 1.165) is 6.54 Å². The standard InChI is InChI=1S/C9H15NOS/c1-10(2)6-5-8(11)9-4-3-7-12-9/h3-4,7-8,11H,5-6H2,1-2H3/t8-/m0/s1/i8D. The molecule has 3 heteroatoms. The lowest BCUT2D eigenvalue weighted by Crippen LogP contribution is -2.15. The summed E-state index contributed by atoms with van der Waals surface area (Å²) < 4.78 is 7.72. The Labute approximate surface area is 78.9 Å². The first-order chi connectivity index (χ1) is 6.02. The Morgan fingerprint density at radius 1 is 1.75 bits per heavy atom. The number of hydrogen-bond acceptors (Lipinski definition) is 3. The summed E-state index contributed by atoms with van der Waals surface area (Å²) in [6.45, 7) is 0.720. The highest BCUT2D eigenvalue weighted by atomic mass is 32.1. The van der Waals surface area contributed by atoms with E-state index in [1.54, 1.807) is 6.07 Å². The zero-order valence-electron chi connectivity index (χ0n) is 8.45. The topological polar surface area (TPSA) is 23.5 Å². The minimum Gasteiger partial charge on any atom is -0.388 e. The van der Waals surface area contributed by atoms with Crippen LogP contribution < -0.4 is 0 Å². The van der Waals surface area contributed by atoms with Gasteiger partial charge in [-0.3, -0.25) is 0 Å². The molecule has 0 aliphatic rings. The van der Waals surface area contributed by atoms with Crippen molar-refractivity contribution in [2.75, 3.05) is 20.6 Å². The molecule has 0 unspecified atom stereocenters. The van der Waals surface area contributed by atoms with Crippen molar-refractivity contribution in [3.8, 4) is 0 Å². The minimum absolute atomic E-state index is 0.445. The molecule has 0 aliphatic heterocycles. The Morgan fingerprint density at radius 3 is 3.00 bits per heavy atom. The van der Waals surface area contributed by atoms with Crippen molar-refractivity contribution >= 4 is 11.3 Å². The maximum atomic E-state index is 9.77. The van der Waals surface area contributed by atoms with Crippen molar-refractivity contribution in [1.82, 2.24) is 4.90 Å². The van der Waals surface area contributed by atoms with Crippen molar-refractivity contribution in [3.05, 3.63) is 22.4 Å². The fourth-order valence-corrected chi connectivity index (χ4v) is 1.59. The van der Waals surface area contributed by atoms with Crippen LogP contribution in [0.1, 0.15) is 18.7 Å². The fourth-order valence-electron chi connectivity index (χ4n) is 0.895. The maximum absolute atomic E-state index is 9.77. The van der Waals surface area contributed by atoms with E-state index in [4.69, 9.17) is 1.37 Å². The molecule has 12 heavy (non-hydrogen) atoms. The largest absolute Gasteiger partial charge is 0.388 e. The highest BCUT2D eigenvalue weighted by Crippen LogP contribution is 2.21. The first-order valence-corrected chi connectivity index (χ1v) is 4.81. The molecule has 2 nitrogen and oxygen atoms in total. The van der Waals surface area contributed by atoms with Crippen LogP contribution in [0.15, 0.2) is 17.5 Å². The molecular formula is C9H15NOS. The predicted molar refractivity (Wildman–Crippen MR) is 52.4 cm³/mol. The van der Waals surface area contributed by atoms with Gasteiger partial charge in [-0.15, -0.1) is 11.3 Å². The van der Waals surface area contributed by atoms with Crippen LogP contribution in [-0.2, 0) is 0 Å². The first kappa shape index (κ1) is 8.23. The third-order valence-electron chi connectivity index (χ3n) is 1.60. The van der Waals surface area contributed by atoms with Gasteiger partial charge in [0, 0.05) is 11.4 Å². The van der Waals surface area contributed by atoms with E-state index in [9.17, 15) is 5.11 Å². The van der Waals surface area contributed by atoms with Gasteiger partial charge in [0.1, 0.15) is 0 Å². The van der Waals surface area contributed by atoms with Gasteiger partial charge in [-0.25, -0.2) is 0 Å². The Morgan fingerprint density at radius 2 is 2.50 bits per heavy atom. The number of nitrogens with zero attached hydrogens (tertiary/aromatic N) is 1. The molecule has 1 rings (SSSR count). The van der Waals surface area contributed by atoms with Crippen molar-refractivity contribution in [2.45, 2.75) is 12.5 Å². The fraction of sp³-hybridized carbons (Fsp3) is 0.556. The predicted octanol–water partition coefficient (Wildman–Crippen LogP) is 1.73. The van der Waals surface area contributed by atoms with E-state index in [1.807, 2.05) is 30.4 Å². The van der Waals surface area contributed by atoms with Crippen molar-refractivity contribution in [3.63, 3.8) is 0 Å². The summed E-state index contributed by atoms with van der Waals surface area (Å²) in [6.07, 6.45) is -0.973. The Hall–Kier alpha value is -0.380. The van der Waals surface area contributed by atoms with E-state index in [0.29, 0.717) is 11.3 Å². The van der Waals surface area contributed by atoms with Gasteiger partial charge in [-0.05, 0) is 32.0 Å². The highest BCUT2D eigenvalue weighted by molar-refractivity contribution is 7.10. The van der Waals surface area contributed by atoms with Crippen LogP contribution in [-0.4, -0.2) is 30.6 Å². The molecular weight excluding hydrogens is 170 g/mol. The molecule has 1 N–H and O–H groups in total. The number of aliphatic hydroxyl groups is 1. The molecule has 0 amide bonds. The van der Waals surface area contributed by atoms with Gasteiger partial charge in [-0.1, -0.05) is 6.07 Å². The molecule has 1 atom stereocenters. The highest BCUT2D eigenvalue weighted by Gasteiger charge is 2.07. The van der Waals surface area contributed by atoms with E-state index in [2.05, 4.69) is 0 Å². The number of rotatable bonds is 4. The molecule has 0 aromatic carbocycles. The van der Waals surface area contributed by atoms with Gasteiger partial charge in [0.2, 0.25) is 0 Å². The van der Waals surface area contributed by atoms with Crippen LogP contribution in [0.5, 0.6) is 0 Å². The Kier molecular flexibility index (Phi) is 3.15. The normalized spacial score (nSPS) is 17.5. The molecule has 68 valence electrons. The van der Waals surface area contributed by atoms with E-state index in [-0.39, 0.29) is 0 Å². The molecule has 1 aromatic heterocycles. The van der Waals surface area contributed by atoms with Gasteiger partial charge < -0.3 is 10.0 Å². The molecule has 0 aliphatic carbocycles. The quantitative estimate of drug-likeness (QED) is 0.774. The molecule has 1 aromatic rings. The van der Waals surface area contributed by atoms with Crippen LogP contribution >= 0.6 is 11.3 Å². The van der Waals surface area contributed by atoms with E-state index in [1.165, 1.54) is 11.3 Å². The van der Waals surface area contributed by atoms with Gasteiger partial charge >= 0.3 is 0 Å². The molecule has 0 bridgehead atoms. The first-order valence-electron chi connectivity index (χ1n) is 4.43. The summed E-state index contributed by atoms with van der Waals surface area (Å²) in [7, 11) is 3.87. The second kappa shape index (κ2) is 4.60. The van der Waals surface area contributed by atoms with E-state index >= 15 is 0 Å². The third-order valence-corrected chi connectivity index (χ3v) is 2.52. The van der Waals surface area contributed by atoms with Crippen LogP contribution in [0.3, 0.4) is 0 Å². The lowest BCUT2D eigenvalue weighted by Gasteiger charge is -2.12. The smallest absolute Gasteiger partial charge is 0.0894 e. The Bertz CT molecular complexity index is 246. The van der Waals surface area contributed by atoms with Crippen molar-refractivity contribution in [2.24, 2.45) is 0 Å². The maximum Gasteiger partial charge on any atom is 0.0894 e.